The predicted octanol–water partition coefficient (Wildman–Crippen LogP) is 1.12. The Balaban J connectivity index is 1.92. The van der Waals surface area contributed by atoms with E-state index >= 15 is 0 Å². The van der Waals surface area contributed by atoms with Gasteiger partial charge in [-0.3, -0.25) is 4.79 Å². The van der Waals surface area contributed by atoms with Crippen molar-refractivity contribution < 1.29 is 4.79 Å². The Morgan fingerprint density at radius 3 is 2.89 bits per heavy atom. The highest BCUT2D eigenvalue weighted by Gasteiger charge is 2.29. The first-order chi connectivity index (χ1) is 9.09. The van der Waals surface area contributed by atoms with E-state index in [1.54, 1.807) is 0 Å². The van der Waals surface area contributed by atoms with Gasteiger partial charge in [0.2, 0.25) is 5.91 Å². The minimum Gasteiger partial charge on any atom is -0.308 e. The molecule has 0 saturated heterocycles. The molecule has 1 aliphatic rings. The van der Waals surface area contributed by atoms with Crippen LogP contribution in [0.4, 0.5) is 5.69 Å². The molecular formula is C15H23N3O. The fourth-order valence-electron chi connectivity index (χ4n) is 2.53. The molecule has 1 atom stereocenters. The lowest BCUT2D eigenvalue weighted by Gasteiger charge is -2.23. The van der Waals surface area contributed by atoms with Gasteiger partial charge in [0, 0.05) is 24.8 Å². The minimum absolute atomic E-state index is 0.163. The molecular weight excluding hydrogens is 238 g/mol. The molecule has 0 saturated carbocycles. The monoisotopic (exact) mass is 261 g/mol. The third kappa shape index (κ3) is 3.33. The van der Waals surface area contributed by atoms with Gasteiger partial charge in [-0.25, -0.2) is 0 Å². The van der Waals surface area contributed by atoms with Crippen LogP contribution < -0.4 is 10.2 Å². The Morgan fingerprint density at radius 2 is 2.16 bits per heavy atom. The van der Waals surface area contributed by atoms with E-state index in [1.807, 2.05) is 37.2 Å². The lowest BCUT2D eigenvalue weighted by molar-refractivity contribution is -0.118. The van der Waals surface area contributed by atoms with Crippen molar-refractivity contribution in [2.24, 2.45) is 0 Å². The van der Waals surface area contributed by atoms with E-state index in [4.69, 9.17) is 0 Å². The maximum Gasteiger partial charge on any atom is 0.241 e. The maximum atomic E-state index is 12.3. The van der Waals surface area contributed by atoms with Crippen molar-refractivity contribution in [2.75, 3.05) is 38.6 Å². The Hall–Kier alpha value is -1.39. The number of benzene rings is 1. The van der Waals surface area contributed by atoms with Crippen LogP contribution in [0.2, 0.25) is 0 Å². The fourth-order valence-corrected chi connectivity index (χ4v) is 2.53. The van der Waals surface area contributed by atoms with Crippen molar-refractivity contribution in [1.29, 1.82) is 0 Å². The van der Waals surface area contributed by atoms with Gasteiger partial charge in [0.25, 0.3) is 0 Å². The number of fused-ring (bicyclic) bond motifs is 1. The predicted molar refractivity (Wildman–Crippen MR) is 78.5 cm³/mol. The molecule has 1 amide bonds. The van der Waals surface area contributed by atoms with Gasteiger partial charge in [0.05, 0.1) is 6.54 Å². The molecule has 0 aromatic heterocycles. The van der Waals surface area contributed by atoms with Gasteiger partial charge >= 0.3 is 0 Å². The van der Waals surface area contributed by atoms with Gasteiger partial charge < -0.3 is 15.1 Å². The molecule has 0 bridgehead atoms. The maximum absolute atomic E-state index is 12.3. The summed E-state index contributed by atoms with van der Waals surface area (Å²) in [5.41, 5.74) is 2.35. The van der Waals surface area contributed by atoms with Crippen LogP contribution in [0.25, 0.3) is 0 Å². The van der Waals surface area contributed by atoms with Crippen molar-refractivity contribution in [3.8, 4) is 0 Å². The summed E-state index contributed by atoms with van der Waals surface area (Å²) in [5.74, 6) is 0.163. The third-order valence-electron chi connectivity index (χ3n) is 3.49. The number of rotatable bonds is 5. The summed E-state index contributed by atoms with van der Waals surface area (Å²) < 4.78 is 0. The molecule has 0 aliphatic carbocycles. The van der Waals surface area contributed by atoms with E-state index in [2.05, 4.69) is 23.2 Å². The van der Waals surface area contributed by atoms with Crippen molar-refractivity contribution in [3.63, 3.8) is 0 Å². The first kappa shape index (κ1) is 14.0. The van der Waals surface area contributed by atoms with E-state index in [0.717, 1.165) is 25.2 Å². The summed E-state index contributed by atoms with van der Waals surface area (Å²) >= 11 is 0. The van der Waals surface area contributed by atoms with E-state index in [9.17, 15) is 4.79 Å². The molecule has 2 rings (SSSR count). The first-order valence-electron chi connectivity index (χ1n) is 6.85. The molecule has 1 aromatic carbocycles. The number of nitrogens with one attached hydrogen (secondary N) is 1. The molecule has 19 heavy (non-hydrogen) atoms. The van der Waals surface area contributed by atoms with E-state index in [1.165, 1.54) is 5.56 Å². The standard InChI is InChI=1S/C15H23N3O/c1-12-10-13-6-4-5-7-14(13)18(12)15(19)11-16-8-9-17(2)3/h4-7,12,16H,8-11H2,1-3H3/t12-/m0/s1. The molecule has 1 aromatic rings. The van der Waals surface area contributed by atoms with Gasteiger partial charge in [-0.1, -0.05) is 18.2 Å². The number of carbonyl (C=O) groups excluding carboxylic acids is 1. The van der Waals surface area contributed by atoms with Crippen molar-refractivity contribution in [2.45, 2.75) is 19.4 Å². The molecule has 1 heterocycles. The van der Waals surface area contributed by atoms with Gasteiger partial charge in [-0.05, 0) is 39.1 Å². The van der Waals surface area contributed by atoms with Crippen LogP contribution in [-0.2, 0) is 11.2 Å². The number of hydrogen-bond donors (Lipinski definition) is 1. The Labute approximate surface area is 115 Å². The second kappa shape index (κ2) is 6.17. The van der Waals surface area contributed by atoms with Crippen LogP contribution >= 0.6 is 0 Å². The summed E-state index contributed by atoms with van der Waals surface area (Å²) in [6.07, 6.45) is 0.958. The van der Waals surface area contributed by atoms with E-state index in [-0.39, 0.29) is 11.9 Å². The summed E-state index contributed by atoms with van der Waals surface area (Å²) in [6, 6.07) is 8.45. The van der Waals surface area contributed by atoms with Gasteiger partial charge in [0.1, 0.15) is 0 Å². The zero-order valence-corrected chi connectivity index (χ0v) is 12.0. The normalized spacial score (nSPS) is 17.9. The zero-order chi connectivity index (χ0) is 13.8. The van der Waals surface area contributed by atoms with Crippen molar-refractivity contribution in [1.82, 2.24) is 10.2 Å². The molecule has 4 nitrogen and oxygen atoms in total. The number of nitrogens with zero attached hydrogens (tertiary/aromatic N) is 2. The van der Waals surface area contributed by atoms with Gasteiger partial charge in [-0.2, -0.15) is 0 Å². The highest BCUT2D eigenvalue weighted by Crippen LogP contribution is 2.31. The zero-order valence-electron chi connectivity index (χ0n) is 12.0. The molecule has 0 fully saturated rings. The Morgan fingerprint density at radius 1 is 1.42 bits per heavy atom. The van der Waals surface area contributed by atoms with Crippen LogP contribution in [-0.4, -0.2) is 50.6 Å². The highest BCUT2D eigenvalue weighted by atomic mass is 16.2. The summed E-state index contributed by atoms with van der Waals surface area (Å²) in [5, 5.41) is 3.21. The average molecular weight is 261 g/mol. The fraction of sp³-hybridized carbons (Fsp3) is 0.533. The van der Waals surface area contributed by atoms with Gasteiger partial charge in [-0.15, -0.1) is 0 Å². The van der Waals surface area contributed by atoms with Crippen LogP contribution in [0, 0.1) is 0 Å². The Kier molecular flexibility index (Phi) is 4.56. The van der Waals surface area contributed by atoms with E-state index < -0.39 is 0 Å². The largest absolute Gasteiger partial charge is 0.308 e. The summed E-state index contributed by atoms with van der Waals surface area (Å²) in [6.45, 7) is 4.30. The number of carbonyl (C=O) groups is 1. The number of hydrogen-bond acceptors (Lipinski definition) is 3. The van der Waals surface area contributed by atoms with Crippen LogP contribution in [0.3, 0.4) is 0 Å². The number of anilines is 1. The minimum atomic E-state index is 0.163. The lowest BCUT2D eigenvalue weighted by Crippen LogP contribution is -2.42. The number of amides is 1. The number of likely N-dealkylation sites (N-methyl/N-ethyl adjacent to an activating group) is 1. The van der Waals surface area contributed by atoms with Crippen LogP contribution in [0.5, 0.6) is 0 Å². The molecule has 0 spiro atoms. The van der Waals surface area contributed by atoms with Crippen LogP contribution in [0.15, 0.2) is 24.3 Å². The molecule has 1 N–H and O–H groups in total. The molecule has 4 heteroatoms. The average Bonchev–Trinajstić information content (AvgIpc) is 2.70. The van der Waals surface area contributed by atoms with Gasteiger partial charge in [0.15, 0.2) is 0 Å². The van der Waals surface area contributed by atoms with Crippen LogP contribution in [0.1, 0.15) is 12.5 Å². The SMILES string of the molecule is C[C@H]1Cc2ccccc2N1C(=O)CNCCN(C)C. The lowest BCUT2D eigenvalue weighted by atomic mass is 10.1. The first-order valence-corrected chi connectivity index (χ1v) is 6.85. The smallest absolute Gasteiger partial charge is 0.241 e. The quantitative estimate of drug-likeness (QED) is 0.807. The van der Waals surface area contributed by atoms with E-state index in [0.29, 0.717) is 6.54 Å². The number of para-hydroxylation sites is 1. The topological polar surface area (TPSA) is 35.6 Å². The Bertz CT molecular complexity index is 445. The molecule has 0 unspecified atom stereocenters. The molecule has 1 aliphatic heterocycles. The second-order valence-corrected chi connectivity index (χ2v) is 5.43. The van der Waals surface area contributed by atoms with Crippen molar-refractivity contribution >= 4 is 11.6 Å². The second-order valence-electron chi connectivity index (χ2n) is 5.43. The molecule has 104 valence electrons. The molecule has 0 radical (unpaired) electrons. The highest BCUT2D eigenvalue weighted by molar-refractivity contribution is 5.97. The van der Waals surface area contributed by atoms with Crippen molar-refractivity contribution in [3.05, 3.63) is 29.8 Å². The third-order valence-corrected chi connectivity index (χ3v) is 3.49. The summed E-state index contributed by atoms with van der Waals surface area (Å²) in [4.78, 5) is 16.3. The summed E-state index contributed by atoms with van der Waals surface area (Å²) in [7, 11) is 4.06.